The molecule has 2 aliphatic rings. The SMILES string of the molecule is CO/N=C(/C(=O)NC1C(=O)N2C(C(=O)O)=C(CO)CS[C@H]12)c1csc(N)n1. The quantitative estimate of drug-likeness (QED) is 0.254. The van der Waals surface area contributed by atoms with Crippen molar-refractivity contribution in [2.75, 3.05) is 25.2 Å². The van der Waals surface area contributed by atoms with Crippen LogP contribution in [0.5, 0.6) is 0 Å². The number of aliphatic hydroxyl groups is 1. The number of nitrogens with zero attached hydrogens (tertiary/aromatic N) is 3. The van der Waals surface area contributed by atoms with E-state index in [1.165, 1.54) is 24.3 Å². The summed E-state index contributed by atoms with van der Waals surface area (Å²) in [4.78, 5) is 46.2. The average molecular weight is 413 g/mol. The maximum atomic E-state index is 12.6. The number of hydrogen-bond acceptors (Lipinski definition) is 10. The van der Waals surface area contributed by atoms with E-state index >= 15 is 0 Å². The summed E-state index contributed by atoms with van der Waals surface area (Å²) in [5.41, 5.74) is 5.62. The molecular formula is C14H15N5O6S2. The fourth-order valence-corrected chi connectivity index (χ4v) is 4.59. The summed E-state index contributed by atoms with van der Waals surface area (Å²) in [6, 6.07) is -0.935. The average Bonchev–Trinajstić information content (AvgIpc) is 3.08. The molecule has 1 aromatic rings. The van der Waals surface area contributed by atoms with E-state index in [0.29, 0.717) is 0 Å². The third kappa shape index (κ3) is 3.36. The van der Waals surface area contributed by atoms with Crippen LogP contribution >= 0.6 is 23.1 Å². The number of carboxylic acids is 1. The topological polar surface area (TPSA) is 167 Å². The number of fused-ring (bicyclic) bond motifs is 1. The molecule has 1 unspecified atom stereocenters. The molecule has 2 amide bonds. The van der Waals surface area contributed by atoms with E-state index in [1.807, 2.05) is 0 Å². The number of aromatic nitrogens is 1. The van der Waals surface area contributed by atoms with Crippen molar-refractivity contribution >= 4 is 51.7 Å². The molecular weight excluding hydrogens is 398 g/mol. The first-order valence-corrected chi connectivity index (χ1v) is 9.46. The molecule has 144 valence electrons. The molecule has 2 atom stereocenters. The lowest BCUT2D eigenvalue weighted by atomic mass is 10.0. The molecule has 0 aromatic carbocycles. The normalized spacial score (nSPS) is 22.2. The highest BCUT2D eigenvalue weighted by molar-refractivity contribution is 8.00. The van der Waals surface area contributed by atoms with Crippen LogP contribution < -0.4 is 11.1 Å². The molecule has 27 heavy (non-hydrogen) atoms. The van der Waals surface area contributed by atoms with Gasteiger partial charge in [0.2, 0.25) is 0 Å². The standard InChI is InChI=1S/C14H15N5O6S2/c1-25-18-7(6-4-27-14(15)16-6)10(21)17-8-11(22)19-9(13(23)24)5(2-20)3-26-12(8)19/h4,8,12,20H,2-3H2,1H3,(H2,15,16)(H,17,21)(H,23,24)/b18-7+/t8?,12-/m1/s1. The Balaban J connectivity index is 1.79. The van der Waals surface area contributed by atoms with Crippen molar-refractivity contribution in [3.8, 4) is 0 Å². The molecule has 1 fully saturated rings. The van der Waals surface area contributed by atoms with Crippen LogP contribution in [0.2, 0.25) is 0 Å². The lowest BCUT2D eigenvalue weighted by Crippen LogP contribution is -2.71. The highest BCUT2D eigenvalue weighted by Gasteiger charge is 2.54. The number of thiazole rings is 1. The number of aliphatic hydroxyl groups excluding tert-OH is 1. The van der Waals surface area contributed by atoms with E-state index < -0.39 is 35.8 Å². The third-order valence-electron chi connectivity index (χ3n) is 3.89. The number of carboxylic acid groups (broad SMARTS) is 1. The van der Waals surface area contributed by atoms with Crippen LogP contribution in [-0.4, -0.2) is 74.5 Å². The zero-order chi connectivity index (χ0) is 19.7. The molecule has 11 nitrogen and oxygen atoms in total. The summed E-state index contributed by atoms with van der Waals surface area (Å²) in [5, 5.41) is 26.0. The van der Waals surface area contributed by atoms with Gasteiger partial charge >= 0.3 is 5.97 Å². The van der Waals surface area contributed by atoms with Crippen molar-refractivity contribution in [3.63, 3.8) is 0 Å². The van der Waals surface area contributed by atoms with Gasteiger partial charge in [-0.3, -0.25) is 14.5 Å². The largest absolute Gasteiger partial charge is 0.477 e. The Kier molecular flexibility index (Phi) is 5.34. The van der Waals surface area contributed by atoms with Crippen LogP contribution in [-0.2, 0) is 19.2 Å². The number of amides is 2. The number of anilines is 1. The molecule has 0 aliphatic carbocycles. The summed E-state index contributed by atoms with van der Waals surface area (Å²) in [7, 11) is 1.26. The van der Waals surface area contributed by atoms with Gasteiger partial charge in [-0.25, -0.2) is 9.78 Å². The van der Waals surface area contributed by atoms with E-state index in [0.717, 1.165) is 16.2 Å². The van der Waals surface area contributed by atoms with Gasteiger partial charge in [-0.15, -0.1) is 23.1 Å². The molecule has 3 rings (SSSR count). The van der Waals surface area contributed by atoms with E-state index in [-0.39, 0.29) is 33.6 Å². The summed E-state index contributed by atoms with van der Waals surface area (Å²) in [6.07, 6.45) is 0. The second-order valence-corrected chi connectivity index (χ2v) is 7.46. The fraction of sp³-hybridized carbons (Fsp3) is 0.357. The summed E-state index contributed by atoms with van der Waals surface area (Å²) >= 11 is 2.37. The summed E-state index contributed by atoms with van der Waals surface area (Å²) in [5.74, 6) is -2.35. The first-order chi connectivity index (χ1) is 12.9. The van der Waals surface area contributed by atoms with Crippen molar-refractivity contribution in [2.24, 2.45) is 5.16 Å². The van der Waals surface area contributed by atoms with Gasteiger partial charge in [0.05, 0.1) is 6.61 Å². The van der Waals surface area contributed by atoms with Gasteiger partial charge in [-0.05, 0) is 5.57 Å². The number of β-lactam (4-membered cyclic amide) rings is 1. The molecule has 2 aliphatic heterocycles. The zero-order valence-electron chi connectivity index (χ0n) is 13.9. The van der Waals surface area contributed by atoms with Crippen LogP contribution in [0.1, 0.15) is 5.69 Å². The molecule has 0 spiro atoms. The Hall–Kier alpha value is -2.64. The van der Waals surface area contributed by atoms with Gasteiger partial charge in [-0.1, -0.05) is 5.16 Å². The number of thioether (sulfide) groups is 1. The minimum Gasteiger partial charge on any atom is -0.477 e. The van der Waals surface area contributed by atoms with E-state index in [2.05, 4.69) is 20.3 Å². The van der Waals surface area contributed by atoms with Crippen molar-refractivity contribution in [2.45, 2.75) is 11.4 Å². The fourth-order valence-electron chi connectivity index (χ4n) is 2.71. The number of hydrogen-bond donors (Lipinski definition) is 4. The first-order valence-electron chi connectivity index (χ1n) is 7.53. The Bertz CT molecular complexity index is 866. The van der Waals surface area contributed by atoms with Gasteiger partial charge < -0.3 is 26.1 Å². The number of rotatable bonds is 6. The van der Waals surface area contributed by atoms with Crippen LogP contribution in [0.4, 0.5) is 5.13 Å². The van der Waals surface area contributed by atoms with Crippen LogP contribution in [0.3, 0.4) is 0 Å². The highest BCUT2D eigenvalue weighted by atomic mass is 32.2. The predicted molar refractivity (Wildman–Crippen MR) is 96.8 cm³/mol. The van der Waals surface area contributed by atoms with Crippen LogP contribution in [0, 0.1) is 0 Å². The van der Waals surface area contributed by atoms with Crippen molar-refractivity contribution in [1.29, 1.82) is 0 Å². The maximum absolute atomic E-state index is 12.6. The lowest BCUT2D eigenvalue weighted by molar-refractivity contribution is -0.150. The van der Waals surface area contributed by atoms with Crippen LogP contribution in [0.15, 0.2) is 21.8 Å². The Morgan fingerprint density at radius 1 is 1.56 bits per heavy atom. The highest BCUT2D eigenvalue weighted by Crippen LogP contribution is 2.40. The van der Waals surface area contributed by atoms with E-state index in [9.17, 15) is 24.6 Å². The molecule has 0 radical (unpaired) electrons. The zero-order valence-corrected chi connectivity index (χ0v) is 15.5. The van der Waals surface area contributed by atoms with Crippen LogP contribution in [0.25, 0.3) is 0 Å². The molecule has 13 heteroatoms. The minimum absolute atomic E-state index is 0.150. The van der Waals surface area contributed by atoms with Gasteiger partial charge in [-0.2, -0.15) is 0 Å². The number of nitrogen functional groups attached to an aromatic ring is 1. The summed E-state index contributed by atoms with van der Waals surface area (Å²) in [6.45, 7) is -0.460. The number of oxime groups is 1. The Morgan fingerprint density at radius 2 is 2.30 bits per heavy atom. The number of nitrogens with two attached hydrogens (primary N) is 1. The van der Waals surface area contributed by atoms with Crippen molar-refractivity contribution in [3.05, 3.63) is 22.3 Å². The number of aliphatic carboxylic acids is 1. The predicted octanol–water partition coefficient (Wildman–Crippen LogP) is -1.19. The number of carbonyl (C=O) groups is 3. The van der Waals surface area contributed by atoms with Gasteiger partial charge in [0.1, 0.15) is 29.9 Å². The van der Waals surface area contributed by atoms with Crippen molar-refractivity contribution in [1.82, 2.24) is 15.2 Å². The molecule has 1 saturated heterocycles. The molecule has 1 aromatic heterocycles. The summed E-state index contributed by atoms with van der Waals surface area (Å²) < 4.78 is 0. The number of nitrogens with one attached hydrogen (secondary N) is 1. The second-order valence-electron chi connectivity index (χ2n) is 5.47. The number of carbonyl (C=O) groups excluding carboxylic acids is 2. The Labute approximate surface area is 160 Å². The minimum atomic E-state index is -1.30. The van der Waals surface area contributed by atoms with Gasteiger partial charge in [0, 0.05) is 11.1 Å². The molecule has 0 bridgehead atoms. The second kappa shape index (κ2) is 7.54. The molecule has 0 saturated carbocycles. The Morgan fingerprint density at radius 3 is 2.85 bits per heavy atom. The van der Waals surface area contributed by atoms with E-state index in [1.54, 1.807) is 0 Å². The van der Waals surface area contributed by atoms with Crippen molar-refractivity contribution < 1.29 is 29.4 Å². The first kappa shape index (κ1) is 19.1. The lowest BCUT2D eigenvalue weighted by Gasteiger charge is -2.49. The monoisotopic (exact) mass is 413 g/mol. The maximum Gasteiger partial charge on any atom is 0.352 e. The third-order valence-corrected chi connectivity index (χ3v) is 5.90. The van der Waals surface area contributed by atoms with Gasteiger partial charge in [0.25, 0.3) is 11.8 Å². The molecule has 3 heterocycles. The smallest absolute Gasteiger partial charge is 0.352 e. The molecule has 5 N–H and O–H groups in total. The van der Waals surface area contributed by atoms with E-state index in [4.69, 9.17) is 5.73 Å². The van der Waals surface area contributed by atoms with Gasteiger partial charge in [0.15, 0.2) is 10.8 Å².